The number of H-pyrrole nitrogens is 1. The standard InChI is InChI=1S/C17H28N8O5S2/c1-30-17(10-26)4-6-25(7-5-17)12-2-3-13(31-20-9-11(27)8-18)15(32(19,28)29)14(12)16-21-23-24-22-16/h2-3,11,20,26-27H,4-10,18H2,1H3,(H2,19,28,29)(H,21,22,23,24)/t11-/m1/s1. The molecule has 1 fully saturated rings. The summed E-state index contributed by atoms with van der Waals surface area (Å²) in [5.41, 5.74) is 5.58. The van der Waals surface area contributed by atoms with Gasteiger partial charge in [0.25, 0.3) is 0 Å². The van der Waals surface area contributed by atoms with Crippen molar-refractivity contribution < 1.29 is 23.4 Å². The molecule has 3 rings (SSSR count). The summed E-state index contributed by atoms with van der Waals surface area (Å²) in [6, 6.07) is 3.40. The molecule has 1 aliphatic rings. The molecule has 0 spiro atoms. The number of primary sulfonamides is 1. The highest BCUT2D eigenvalue weighted by atomic mass is 32.2. The first kappa shape index (κ1) is 24.8. The molecule has 15 heteroatoms. The maximum absolute atomic E-state index is 12.7. The van der Waals surface area contributed by atoms with Gasteiger partial charge in [0.15, 0.2) is 0 Å². The van der Waals surface area contributed by atoms with Gasteiger partial charge < -0.3 is 25.6 Å². The van der Waals surface area contributed by atoms with Crippen LogP contribution in [0, 0.1) is 0 Å². The zero-order chi connectivity index (χ0) is 23.4. The lowest BCUT2D eigenvalue weighted by Crippen LogP contribution is -2.48. The number of aromatic nitrogens is 4. The van der Waals surface area contributed by atoms with E-state index in [2.05, 4.69) is 25.3 Å². The summed E-state index contributed by atoms with van der Waals surface area (Å²) in [6.45, 7) is 1.13. The second-order valence-electron chi connectivity index (χ2n) is 7.44. The predicted molar refractivity (Wildman–Crippen MR) is 118 cm³/mol. The van der Waals surface area contributed by atoms with Gasteiger partial charge in [0.05, 0.1) is 23.9 Å². The number of tetrazole rings is 1. The second kappa shape index (κ2) is 10.4. The number of piperidine rings is 1. The van der Waals surface area contributed by atoms with Gasteiger partial charge in [-0.05, 0) is 42.1 Å². The van der Waals surface area contributed by atoms with Crippen molar-refractivity contribution >= 4 is 27.7 Å². The number of rotatable bonds is 10. The topological polar surface area (TPSA) is 206 Å². The fourth-order valence-electron chi connectivity index (χ4n) is 3.54. The van der Waals surface area contributed by atoms with Gasteiger partial charge in [0.2, 0.25) is 15.8 Å². The molecule has 8 N–H and O–H groups in total. The minimum Gasteiger partial charge on any atom is -0.393 e. The van der Waals surface area contributed by atoms with Gasteiger partial charge in [0, 0.05) is 43.9 Å². The lowest BCUT2D eigenvalue weighted by molar-refractivity contribution is -0.0672. The number of aliphatic hydroxyl groups excluding tert-OH is 2. The predicted octanol–water partition coefficient (Wildman–Crippen LogP) is -1.59. The van der Waals surface area contributed by atoms with Crippen LogP contribution in [0.1, 0.15) is 12.8 Å². The van der Waals surface area contributed by atoms with Crippen molar-refractivity contribution in [2.75, 3.05) is 44.8 Å². The summed E-state index contributed by atoms with van der Waals surface area (Å²) in [5, 5.41) is 38.9. The first-order valence-electron chi connectivity index (χ1n) is 9.87. The van der Waals surface area contributed by atoms with Gasteiger partial charge in [-0.3, -0.25) is 4.72 Å². The molecule has 0 aliphatic carbocycles. The van der Waals surface area contributed by atoms with Gasteiger partial charge in [0.1, 0.15) is 4.90 Å². The number of aliphatic hydroxyl groups is 2. The van der Waals surface area contributed by atoms with Crippen molar-refractivity contribution in [2.24, 2.45) is 10.9 Å². The van der Waals surface area contributed by atoms with Crippen molar-refractivity contribution in [1.29, 1.82) is 0 Å². The molecular weight excluding hydrogens is 460 g/mol. The molecular formula is C17H28N8O5S2. The van der Waals surface area contributed by atoms with Crippen molar-refractivity contribution in [3.05, 3.63) is 12.1 Å². The summed E-state index contributed by atoms with van der Waals surface area (Å²) in [5.74, 6) is 0.0826. The van der Waals surface area contributed by atoms with Crippen LogP contribution in [-0.4, -0.2) is 90.9 Å². The first-order valence-corrected chi connectivity index (χ1v) is 12.2. The number of sulfonamides is 1. The van der Waals surface area contributed by atoms with E-state index in [1.807, 2.05) is 4.90 Å². The molecule has 1 atom stereocenters. The fourth-order valence-corrected chi connectivity index (χ4v) is 5.61. The minimum absolute atomic E-state index is 0.0639. The minimum atomic E-state index is -4.20. The molecule has 1 aromatic carbocycles. The Bertz CT molecular complexity index is 991. The Morgan fingerprint density at radius 2 is 2.12 bits per heavy atom. The van der Waals surface area contributed by atoms with Crippen LogP contribution in [-0.2, 0) is 14.8 Å². The number of anilines is 1. The third-order valence-corrected chi connectivity index (χ3v) is 7.46. The van der Waals surface area contributed by atoms with Gasteiger partial charge in [-0.2, -0.15) is 5.21 Å². The van der Waals surface area contributed by atoms with E-state index >= 15 is 0 Å². The lowest BCUT2D eigenvalue weighted by atomic mass is 9.91. The summed E-state index contributed by atoms with van der Waals surface area (Å²) in [6.07, 6.45) is 0.314. The van der Waals surface area contributed by atoms with Crippen molar-refractivity contribution in [3.8, 4) is 11.4 Å². The van der Waals surface area contributed by atoms with E-state index in [1.165, 1.54) is 0 Å². The highest BCUT2D eigenvalue weighted by Gasteiger charge is 2.36. The Hall–Kier alpha value is -1.85. The Kier molecular flexibility index (Phi) is 8.05. The van der Waals surface area contributed by atoms with E-state index in [-0.39, 0.29) is 36.0 Å². The van der Waals surface area contributed by atoms with E-state index in [4.69, 9.17) is 15.6 Å². The van der Waals surface area contributed by atoms with Crippen LogP contribution in [0.5, 0.6) is 0 Å². The van der Waals surface area contributed by atoms with Crippen molar-refractivity contribution in [2.45, 2.75) is 34.3 Å². The fraction of sp³-hybridized carbons (Fsp3) is 0.588. The smallest absolute Gasteiger partial charge is 0.240 e. The maximum Gasteiger partial charge on any atom is 0.240 e. The molecule has 0 radical (unpaired) electrons. The molecule has 1 aliphatic heterocycles. The number of methoxy groups -OCH3 is 1. The largest absolute Gasteiger partial charge is 0.393 e. The molecule has 0 bridgehead atoms. The maximum atomic E-state index is 12.7. The monoisotopic (exact) mass is 488 g/mol. The number of ether oxygens (including phenoxy) is 1. The Morgan fingerprint density at radius 3 is 2.66 bits per heavy atom. The highest BCUT2D eigenvalue weighted by molar-refractivity contribution is 7.98. The van der Waals surface area contributed by atoms with Gasteiger partial charge >= 0.3 is 0 Å². The highest BCUT2D eigenvalue weighted by Crippen LogP contribution is 2.41. The third kappa shape index (κ3) is 5.37. The van der Waals surface area contributed by atoms with Crippen LogP contribution in [0.15, 0.2) is 21.9 Å². The summed E-state index contributed by atoms with van der Waals surface area (Å²) in [7, 11) is -2.63. The number of nitrogens with one attached hydrogen (secondary N) is 2. The third-order valence-electron chi connectivity index (χ3n) is 5.46. The van der Waals surface area contributed by atoms with Gasteiger partial charge in [-0.1, -0.05) is 0 Å². The summed E-state index contributed by atoms with van der Waals surface area (Å²) < 4.78 is 33.7. The van der Waals surface area contributed by atoms with Gasteiger partial charge in [-0.15, -0.1) is 10.2 Å². The van der Waals surface area contributed by atoms with Crippen LogP contribution < -0.4 is 20.5 Å². The van der Waals surface area contributed by atoms with Gasteiger partial charge in [-0.25, -0.2) is 13.6 Å². The number of aromatic amines is 1. The number of nitrogens with zero attached hydrogens (tertiary/aromatic N) is 4. The molecule has 0 amide bonds. The van der Waals surface area contributed by atoms with E-state index in [0.29, 0.717) is 36.5 Å². The molecule has 13 nitrogen and oxygen atoms in total. The molecule has 1 aromatic heterocycles. The van der Waals surface area contributed by atoms with E-state index < -0.39 is 21.7 Å². The normalized spacial score (nSPS) is 17.5. The van der Waals surface area contributed by atoms with E-state index in [9.17, 15) is 18.6 Å². The summed E-state index contributed by atoms with van der Waals surface area (Å²) in [4.78, 5) is 2.15. The SMILES string of the molecule is COC1(CO)CCN(c2ccc(SNC[C@H](O)CN)c(S(N)(=O)=O)c2-c2nn[nH]n2)CC1. The van der Waals surface area contributed by atoms with E-state index in [0.717, 1.165) is 11.9 Å². The Balaban J connectivity index is 2.03. The zero-order valence-electron chi connectivity index (χ0n) is 17.6. The van der Waals surface area contributed by atoms with Crippen LogP contribution in [0.4, 0.5) is 5.69 Å². The van der Waals surface area contributed by atoms with Crippen LogP contribution in [0.25, 0.3) is 11.4 Å². The summed E-state index contributed by atoms with van der Waals surface area (Å²) >= 11 is 1.01. The Labute approximate surface area is 190 Å². The molecule has 178 valence electrons. The number of nitrogens with two attached hydrogens (primary N) is 2. The van der Waals surface area contributed by atoms with Crippen molar-refractivity contribution in [3.63, 3.8) is 0 Å². The first-order chi connectivity index (χ1) is 15.2. The number of hydrogen-bond acceptors (Lipinski definition) is 12. The molecule has 1 saturated heterocycles. The number of benzene rings is 1. The average molecular weight is 489 g/mol. The zero-order valence-corrected chi connectivity index (χ0v) is 19.2. The lowest BCUT2D eigenvalue weighted by Gasteiger charge is -2.41. The quantitative estimate of drug-likeness (QED) is 0.209. The molecule has 2 heterocycles. The molecule has 32 heavy (non-hydrogen) atoms. The average Bonchev–Trinajstić information content (AvgIpc) is 3.32. The van der Waals surface area contributed by atoms with E-state index in [1.54, 1.807) is 19.2 Å². The van der Waals surface area contributed by atoms with Crippen LogP contribution >= 0.6 is 11.9 Å². The molecule has 0 unspecified atom stereocenters. The van der Waals surface area contributed by atoms with Crippen molar-refractivity contribution in [1.82, 2.24) is 25.3 Å². The second-order valence-corrected chi connectivity index (χ2v) is 9.87. The van der Waals surface area contributed by atoms with Crippen LogP contribution in [0.3, 0.4) is 0 Å². The number of hydrogen-bond donors (Lipinski definition) is 6. The molecule has 2 aromatic rings. The Morgan fingerprint density at radius 1 is 1.41 bits per heavy atom. The van der Waals surface area contributed by atoms with Crippen LogP contribution in [0.2, 0.25) is 0 Å². The molecule has 0 saturated carbocycles.